The average Bonchev–Trinajstić information content (AvgIpc) is 2.45. The molecule has 0 bridgehead atoms. The highest BCUT2D eigenvalue weighted by Gasteiger charge is 2.28. The van der Waals surface area contributed by atoms with Gasteiger partial charge < -0.3 is 4.74 Å². The van der Waals surface area contributed by atoms with Gasteiger partial charge in [0, 0.05) is 5.56 Å². The monoisotopic (exact) mass is 266 g/mol. The number of esters is 1. The largest absolute Gasteiger partial charge is 0.463 e. The summed E-state index contributed by atoms with van der Waals surface area (Å²) in [6, 6.07) is 5.25. The molecule has 1 unspecified atom stereocenters. The van der Waals surface area contributed by atoms with Crippen LogP contribution in [-0.2, 0) is 22.4 Å². The van der Waals surface area contributed by atoms with Crippen molar-refractivity contribution in [3.63, 3.8) is 0 Å². The summed E-state index contributed by atoms with van der Waals surface area (Å²) in [5.74, 6) is -1.95. The van der Waals surface area contributed by atoms with Gasteiger partial charge in [-0.25, -0.2) is 9.18 Å². The van der Waals surface area contributed by atoms with E-state index in [0.29, 0.717) is 0 Å². The number of carbonyl (C=O) groups excluding carboxylic acids is 2. The number of hydrogen-bond donors (Lipinski definition) is 0. The van der Waals surface area contributed by atoms with Gasteiger partial charge in [-0.3, -0.25) is 4.79 Å². The zero-order chi connectivity index (χ0) is 14.4. The summed E-state index contributed by atoms with van der Waals surface area (Å²) >= 11 is 0. The Morgan fingerprint density at radius 2 is 1.63 bits per heavy atom. The van der Waals surface area contributed by atoms with Crippen molar-refractivity contribution in [3.05, 3.63) is 34.9 Å². The van der Waals surface area contributed by atoms with Gasteiger partial charge in [-0.1, -0.05) is 19.9 Å². The van der Waals surface area contributed by atoms with Gasteiger partial charge in [0.15, 0.2) is 0 Å². The molecule has 0 heterocycles. The van der Waals surface area contributed by atoms with Gasteiger partial charge >= 0.3 is 5.97 Å². The third-order valence-corrected chi connectivity index (χ3v) is 2.88. The SMILES string of the molecule is CCOC(=O)C(F)C(=O)c1cc(CC)cc(CC)c1. The molecule has 1 aromatic carbocycles. The number of aryl methyl sites for hydroxylation is 2. The molecule has 0 amide bonds. The molecule has 19 heavy (non-hydrogen) atoms. The van der Waals surface area contributed by atoms with Crippen LogP contribution < -0.4 is 0 Å². The van der Waals surface area contributed by atoms with Gasteiger partial charge in [0.05, 0.1) is 6.61 Å². The first kappa shape index (κ1) is 15.3. The van der Waals surface area contributed by atoms with E-state index in [4.69, 9.17) is 0 Å². The summed E-state index contributed by atoms with van der Waals surface area (Å²) in [6.07, 6.45) is -0.730. The van der Waals surface area contributed by atoms with Gasteiger partial charge in [-0.2, -0.15) is 0 Å². The molecule has 0 aliphatic carbocycles. The molecule has 0 spiro atoms. The van der Waals surface area contributed by atoms with Crippen molar-refractivity contribution in [3.8, 4) is 0 Å². The minimum Gasteiger partial charge on any atom is -0.463 e. The van der Waals surface area contributed by atoms with Crippen LogP contribution in [0.4, 0.5) is 4.39 Å². The fourth-order valence-corrected chi connectivity index (χ4v) is 1.78. The van der Waals surface area contributed by atoms with Crippen molar-refractivity contribution in [2.75, 3.05) is 6.61 Å². The second kappa shape index (κ2) is 7.02. The maximum Gasteiger partial charge on any atom is 0.348 e. The predicted molar refractivity (Wildman–Crippen MR) is 71.1 cm³/mol. The quantitative estimate of drug-likeness (QED) is 0.452. The summed E-state index contributed by atoms with van der Waals surface area (Å²) in [7, 11) is 0. The smallest absolute Gasteiger partial charge is 0.348 e. The van der Waals surface area contributed by atoms with Crippen molar-refractivity contribution in [2.24, 2.45) is 0 Å². The average molecular weight is 266 g/mol. The van der Waals surface area contributed by atoms with Gasteiger partial charge in [0.25, 0.3) is 6.17 Å². The van der Waals surface area contributed by atoms with Crippen LogP contribution in [0.25, 0.3) is 0 Å². The number of ketones is 1. The highest BCUT2D eigenvalue weighted by Crippen LogP contribution is 2.15. The van der Waals surface area contributed by atoms with Crippen LogP contribution >= 0.6 is 0 Å². The van der Waals surface area contributed by atoms with Crippen molar-refractivity contribution >= 4 is 11.8 Å². The maximum atomic E-state index is 13.7. The molecule has 104 valence electrons. The van der Waals surface area contributed by atoms with E-state index < -0.39 is 17.9 Å². The fraction of sp³-hybridized carbons (Fsp3) is 0.467. The molecule has 0 saturated carbocycles. The molecule has 1 atom stereocenters. The second-order valence-electron chi connectivity index (χ2n) is 4.22. The summed E-state index contributed by atoms with van der Waals surface area (Å²) in [6.45, 7) is 5.55. The number of benzene rings is 1. The number of ether oxygens (including phenoxy) is 1. The molecular weight excluding hydrogens is 247 g/mol. The molecule has 1 aromatic rings. The first-order valence-corrected chi connectivity index (χ1v) is 6.51. The lowest BCUT2D eigenvalue weighted by Gasteiger charge is -2.09. The Bertz CT molecular complexity index is 446. The third kappa shape index (κ3) is 3.88. The number of Topliss-reactive ketones (excluding diaryl/α,β-unsaturated/α-hetero) is 1. The Hall–Kier alpha value is -1.71. The van der Waals surface area contributed by atoms with E-state index in [9.17, 15) is 14.0 Å². The molecule has 0 aliphatic rings. The molecule has 3 nitrogen and oxygen atoms in total. The van der Waals surface area contributed by atoms with Crippen LogP contribution in [0, 0.1) is 0 Å². The van der Waals surface area contributed by atoms with Crippen LogP contribution in [0.5, 0.6) is 0 Å². The second-order valence-corrected chi connectivity index (χ2v) is 4.22. The van der Waals surface area contributed by atoms with Crippen LogP contribution in [0.15, 0.2) is 18.2 Å². The molecule has 4 heteroatoms. The number of carbonyl (C=O) groups is 2. The van der Waals surface area contributed by atoms with E-state index in [2.05, 4.69) is 4.74 Å². The lowest BCUT2D eigenvalue weighted by atomic mass is 9.98. The number of rotatable bonds is 6. The molecule has 0 aliphatic heterocycles. The normalized spacial score (nSPS) is 12.0. The van der Waals surface area contributed by atoms with Crippen LogP contribution in [0.3, 0.4) is 0 Å². The van der Waals surface area contributed by atoms with Crippen LogP contribution in [-0.4, -0.2) is 24.5 Å². The molecule has 0 radical (unpaired) electrons. The zero-order valence-corrected chi connectivity index (χ0v) is 11.5. The Kier molecular flexibility index (Phi) is 5.67. The van der Waals surface area contributed by atoms with Crippen LogP contribution in [0.2, 0.25) is 0 Å². The maximum absolute atomic E-state index is 13.7. The lowest BCUT2D eigenvalue weighted by molar-refractivity contribution is -0.147. The Morgan fingerprint density at radius 3 is 2.05 bits per heavy atom. The Labute approximate surface area is 112 Å². The van der Waals surface area contributed by atoms with E-state index in [1.54, 1.807) is 19.1 Å². The molecule has 0 saturated heterocycles. The first-order valence-electron chi connectivity index (χ1n) is 6.51. The van der Waals surface area contributed by atoms with Gasteiger partial charge in [-0.05, 0) is 43.0 Å². The molecular formula is C15H19FO3. The summed E-state index contributed by atoms with van der Waals surface area (Å²) < 4.78 is 18.2. The summed E-state index contributed by atoms with van der Waals surface area (Å²) in [5.41, 5.74) is 2.15. The Balaban J connectivity index is 3.01. The molecule has 0 fully saturated rings. The number of alkyl halides is 1. The summed E-state index contributed by atoms with van der Waals surface area (Å²) in [5, 5.41) is 0. The van der Waals surface area contributed by atoms with E-state index in [1.807, 2.05) is 19.9 Å². The third-order valence-electron chi connectivity index (χ3n) is 2.88. The zero-order valence-electron chi connectivity index (χ0n) is 11.5. The predicted octanol–water partition coefficient (Wildman–Crippen LogP) is 2.90. The van der Waals surface area contributed by atoms with Gasteiger partial charge in [0.2, 0.25) is 5.78 Å². The van der Waals surface area contributed by atoms with E-state index in [-0.39, 0.29) is 12.2 Å². The standard InChI is InChI=1S/C15H19FO3/c1-4-10-7-11(5-2)9-12(8-10)14(17)13(16)15(18)19-6-3/h7-9,13H,4-6H2,1-3H3. The number of halogens is 1. The van der Waals surface area contributed by atoms with E-state index in [0.717, 1.165) is 24.0 Å². The lowest BCUT2D eigenvalue weighted by Crippen LogP contribution is -2.28. The summed E-state index contributed by atoms with van der Waals surface area (Å²) in [4.78, 5) is 23.2. The van der Waals surface area contributed by atoms with E-state index in [1.165, 1.54) is 0 Å². The number of hydrogen-bond acceptors (Lipinski definition) is 3. The highest BCUT2D eigenvalue weighted by atomic mass is 19.1. The highest BCUT2D eigenvalue weighted by molar-refractivity contribution is 6.11. The Morgan fingerprint density at radius 1 is 1.11 bits per heavy atom. The molecule has 0 aromatic heterocycles. The fourth-order valence-electron chi connectivity index (χ4n) is 1.78. The van der Waals surface area contributed by atoms with Crippen molar-refractivity contribution in [1.82, 2.24) is 0 Å². The van der Waals surface area contributed by atoms with Gasteiger partial charge in [-0.15, -0.1) is 0 Å². The van der Waals surface area contributed by atoms with E-state index >= 15 is 0 Å². The molecule has 1 rings (SSSR count). The molecule has 0 N–H and O–H groups in total. The minimum absolute atomic E-state index is 0.0573. The minimum atomic E-state index is -2.24. The van der Waals surface area contributed by atoms with Crippen molar-refractivity contribution < 1.29 is 18.7 Å². The van der Waals surface area contributed by atoms with Crippen LogP contribution in [0.1, 0.15) is 42.3 Å². The topological polar surface area (TPSA) is 43.4 Å². The van der Waals surface area contributed by atoms with Crippen molar-refractivity contribution in [2.45, 2.75) is 39.8 Å². The van der Waals surface area contributed by atoms with Crippen molar-refractivity contribution in [1.29, 1.82) is 0 Å². The first-order chi connectivity index (χ1) is 9.03. The van der Waals surface area contributed by atoms with Gasteiger partial charge in [0.1, 0.15) is 0 Å².